The Morgan fingerprint density at radius 1 is 1.00 bits per heavy atom. The van der Waals surface area contributed by atoms with Crippen LogP contribution >= 0.6 is 0 Å². The first-order chi connectivity index (χ1) is 16.7. The van der Waals surface area contributed by atoms with Crippen molar-refractivity contribution in [3.05, 3.63) is 59.3 Å². The molecule has 2 aliphatic heterocycles. The minimum Gasteiger partial charge on any atom is -0.496 e. The van der Waals surface area contributed by atoms with Crippen LogP contribution in [0, 0.1) is 0 Å². The number of aryl methyl sites for hydroxylation is 1. The van der Waals surface area contributed by atoms with E-state index in [-0.39, 0.29) is 16.9 Å². The van der Waals surface area contributed by atoms with Gasteiger partial charge in [-0.05, 0) is 47.6 Å². The van der Waals surface area contributed by atoms with E-state index in [0.29, 0.717) is 35.8 Å². The first-order valence-corrected chi connectivity index (χ1v) is 12.4. The standard InChI is InChI=1S/C29H34N2O4/c1-28(2,3)20-9-10-23-19(17-20)11-12-29(35-23)13-15-31(16-14-29)27(32)22-18-25(34-5)21-7-6-8-24(33-4)26(21)30-22/h6-10,17-18H,11-16H2,1-5H3. The van der Waals surface area contributed by atoms with Crippen LogP contribution in [0.3, 0.4) is 0 Å². The van der Waals surface area contributed by atoms with Gasteiger partial charge in [-0.25, -0.2) is 4.98 Å². The van der Waals surface area contributed by atoms with Crippen molar-refractivity contribution in [2.75, 3.05) is 27.3 Å². The van der Waals surface area contributed by atoms with Crippen LogP contribution < -0.4 is 14.2 Å². The molecule has 0 aliphatic carbocycles. The quantitative estimate of drug-likeness (QED) is 0.498. The van der Waals surface area contributed by atoms with E-state index in [1.165, 1.54) is 11.1 Å². The van der Waals surface area contributed by atoms with Gasteiger partial charge < -0.3 is 19.1 Å². The number of aromatic nitrogens is 1. The average Bonchev–Trinajstić information content (AvgIpc) is 2.86. The van der Waals surface area contributed by atoms with Gasteiger partial charge in [0.2, 0.25) is 0 Å². The average molecular weight is 475 g/mol. The number of likely N-dealkylation sites (tertiary alicyclic amines) is 1. The van der Waals surface area contributed by atoms with E-state index in [0.717, 1.165) is 36.8 Å². The highest BCUT2D eigenvalue weighted by Gasteiger charge is 2.41. The van der Waals surface area contributed by atoms with Gasteiger partial charge in [0.15, 0.2) is 0 Å². The summed E-state index contributed by atoms with van der Waals surface area (Å²) < 4.78 is 17.6. The maximum Gasteiger partial charge on any atom is 0.272 e. The zero-order valence-electron chi connectivity index (χ0n) is 21.3. The van der Waals surface area contributed by atoms with Crippen molar-refractivity contribution in [1.82, 2.24) is 9.88 Å². The number of piperidine rings is 1. The maximum atomic E-state index is 13.4. The number of benzene rings is 2. The lowest BCUT2D eigenvalue weighted by molar-refractivity contribution is -0.0108. The Kier molecular flexibility index (Phi) is 5.86. The van der Waals surface area contributed by atoms with Crippen molar-refractivity contribution in [2.45, 2.75) is 57.5 Å². The largest absolute Gasteiger partial charge is 0.496 e. The van der Waals surface area contributed by atoms with Crippen LogP contribution in [-0.2, 0) is 11.8 Å². The molecule has 0 unspecified atom stereocenters. The molecule has 0 saturated carbocycles. The first kappa shape index (κ1) is 23.5. The monoisotopic (exact) mass is 474 g/mol. The summed E-state index contributed by atoms with van der Waals surface area (Å²) >= 11 is 0. The van der Waals surface area contributed by atoms with Gasteiger partial charge in [0.1, 0.15) is 34.1 Å². The van der Waals surface area contributed by atoms with Crippen LogP contribution in [0.25, 0.3) is 10.9 Å². The second-order valence-corrected chi connectivity index (χ2v) is 10.7. The number of pyridine rings is 1. The molecule has 0 N–H and O–H groups in total. The number of hydrogen-bond donors (Lipinski definition) is 0. The molecule has 0 bridgehead atoms. The third-order valence-electron chi connectivity index (χ3n) is 7.49. The zero-order valence-corrected chi connectivity index (χ0v) is 21.3. The summed E-state index contributed by atoms with van der Waals surface area (Å²) in [5.74, 6) is 2.15. The highest BCUT2D eigenvalue weighted by Crippen LogP contribution is 2.41. The SMILES string of the molecule is COc1cc(C(=O)N2CCC3(CCc4cc(C(C)(C)C)ccc4O3)CC2)nc2c(OC)cccc12. The molecule has 1 fully saturated rings. The highest BCUT2D eigenvalue weighted by molar-refractivity contribution is 5.98. The predicted octanol–water partition coefficient (Wildman–Crippen LogP) is 5.55. The summed E-state index contributed by atoms with van der Waals surface area (Å²) in [6.07, 6.45) is 3.62. The topological polar surface area (TPSA) is 60.9 Å². The fourth-order valence-corrected chi connectivity index (χ4v) is 5.25. The van der Waals surface area contributed by atoms with E-state index < -0.39 is 0 Å². The van der Waals surface area contributed by atoms with Crippen molar-refractivity contribution in [2.24, 2.45) is 0 Å². The van der Waals surface area contributed by atoms with Crippen molar-refractivity contribution in [1.29, 1.82) is 0 Å². The van der Waals surface area contributed by atoms with Crippen LogP contribution in [-0.4, -0.2) is 48.7 Å². The molecule has 184 valence electrons. The first-order valence-electron chi connectivity index (χ1n) is 12.4. The molecule has 1 spiro atoms. The van der Waals surface area contributed by atoms with E-state index in [9.17, 15) is 4.79 Å². The Morgan fingerprint density at radius 2 is 1.74 bits per heavy atom. The number of methoxy groups -OCH3 is 2. The summed E-state index contributed by atoms with van der Waals surface area (Å²) in [5, 5.41) is 0.824. The van der Waals surface area contributed by atoms with Crippen molar-refractivity contribution in [3.8, 4) is 17.2 Å². The van der Waals surface area contributed by atoms with Crippen molar-refractivity contribution >= 4 is 16.8 Å². The van der Waals surface area contributed by atoms with E-state index in [2.05, 4.69) is 44.0 Å². The summed E-state index contributed by atoms with van der Waals surface area (Å²) in [4.78, 5) is 20.0. The fourth-order valence-electron chi connectivity index (χ4n) is 5.25. The third-order valence-corrected chi connectivity index (χ3v) is 7.49. The lowest BCUT2D eigenvalue weighted by atomic mass is 9.81. The fraction of sp³-hybridized carbons (Fsp3) is 0.448. The Hall–Kier alpha value is -3.28. The van der Waals surface area contributed by atoms with Crippen LogP contribution in [0.2, 0.25) is 0 Å². The van der Waals surface area contributed by atoms with Gasteiger partial charge >= 0.3 is 0 Å². The Labute approximate surface area is 207 Å². The summed E-state index contributed by atoms with van der Waals surface area (Å²) in [5.41, 5.74) is 3.56. The van der Waals surface area contributed by atoms with Gasteiger partial charge in [-0.1, -0.05) is 39.0 Å². The number of amides is 1. The molecule has 35 heavy (non-hydrogen) atoms. The Bertz CT molecular complexity index is 1270. The lowest BCUT2D eigenvalue weighted by Crippen LogP contribution is -2.51. The van der Waals surface area contributed by atoms with Gasteiger partial charge in [-0.2, -0.15) is 0 Å². The number of rotatable bonds is 3. The van der Waals surface area contributed by atoms with Crippen LogP contribution in [0.15, 0.2) is 42.5 Å². The van der Waals surface area contributed by atoms with E-state index in [4.69, 9.17) is 14.2 Å². The van der Waals surface area contributed by atoms with E-state index in [1.807, 2.05) is 23.1 Å². The molecule has 0 atom stereocenters. The molecule has 2 aromatic carbocycles. The van der Waals surface area contributed by atoms with Gasteiger partial charge in [-0.3, -0.25) is 4.79 Å². The number of carbonyl (C=O) groups excluding carboxylic acids is 1. The normalized spacial score (nSPS) is 17.1. The van der Waals surface area contributed by atoms with E-state index >= 15 is 0 Å². The molecule has 1 aromatic heterocycles. The molecule has 5 rings (SSSR count). The lowest BCUT2D eigenvalue weighted by Gasteiger charge is -2.44. The molecule has 0 radical (unpaired) electrons. The molecule has 3 aromatic rings. The van der Waals surface area contributed by atoms with Crippen LogP contribution in [0.1, 0.15) is 61.6 Å². The van der Waals surface area contributed by atoms with Crippen molar-refractivity contribution < 1.29 is 19.0 Å². The number of carbonyl (C=O) groups is 1. The van der Waals surface area contributed by atoms with Gasteiger partial charge in [0, 0.05) is 37.4 Å². The number of para-hydroxylation sites is 1. The Morgan fingerprint density at radius 3 is 2.43 bits per heavy atom. The number of ether oxygens (including phenoxy) is 3. The number of nitrogens with zero attached hydrogens (tertiary/aromatic N) is 2. The zero-order chi connectivity index (χ0) is 24.8. The van der Waals surface area contributed by atoms with Crippen LogP contribution in [0.4, 0.5) is 0 Å². The highest BCUT2D eigenvalue weighted by atomic mass is 16.5. The van der Waals surface area contributed by atoms with Gasteiger partial charge in [0.05, 0.1) is 14.2 Å². The third kappa shape index (κ3) is 4.30. The molecule has 1 amide bonds. The van der Waals surface area contributed by atoms with E-state index in [1.54, 1.807) is 20.3 Å². The van der Waals surface area contributed by atoms with Crippen molar-refractivity contribution in [3.63, 3.8) is 0 Å². The summed E-state index contributed by atoms with van der Waals surface area (Å²) in [7, 11) is 3.21. The smallest absolute Gasteiger partial charge is 0.272 e. The summed E-state index contributed by atoms with van der Waals surface area (Å²) in [6.45, 7) is 8.00. The molecule has 2 aliphatic rings. The maximum absolute atomic E-state index is 13.4. The minimum absolute atomic E-state index is 0.0861. The molecule has 3 heterocycles. The van der Waals surface area contributed by atoms with Crippen LogP contribution in [0.5, 0.6) is 17.2 Å². The number of hydrogen-bond acceptors (Lipinski definition) is 5. The molecular weight excluding hydrogens is 440 g/mol. The molecular formula is C29H34N2O4. The summed E-state index contributed by atoms with van der Waals surface area (Å²) in [6, 6.07) is 14.0. The second-order valence-electron chi connectivity index (χ2n) is 10.7. The second kappa shape index (κ2) is 8.74. The number of fused-ring (bicyclic) bond motifs is 2. The minimum atomic E-state index is -0.204. The molecule has 6 nitrogen and oxygen atoms in total. The van der Waals surface area contributed by atoms with Gasteiger partial charge in [-0.15, -0.1) is 0 Å². The van der Waals surface area contributed by atoms with Gasteiger partial charge in [0.25, 0.3) is 5.91 Å². The predicted molar refractivity (Wildman–Crippen MR) is 137 cm³/mol. The Balaban J connectivity index is 1.33. The molecule has 1 saturated heterocycles. The molecule has 6 heteroatoms.